The topological polar surface area (TPSA) is 128 Å². The van der Waals surface area contributed by atoms with E-state index < -0.39 is 0 Å². The predicted octanol–water partition coefficient (Wildman–Crippen LogP) is 0.178. The van der Waals surface area contributed by atoms with Crippen molar-refractivity contribution in [1.29, 1.82) is 0 Å². The molecule has 1 aromatic carbocycles. The van der Waals surface area contributed by atoms with Gasteiger partial charge in [-0.2, -0.15) is 0 Å². The standard InChI is InChI=1S/C25H39N5O6/c1-19(31)28(3)13-6-15-36-16-14-29(4)24(34)18-25(35)30(5)21-9-7-20(8-10-21)17-23(33)27-12-11-22(32)26-2/h7-10H,6,11-18H2,1-5H3,(H,26,32)(H,27,33). The minimum Gasteiger partial charge on any atom is -0.380 e. The normalized spacial score (nSPS) is 10.4. The lowest BCUT2D eigenvalue weighted by atomic mass is 10.1. The second-order valence-corrected chi connectivity index (χ2v) is 8.47. The van der Waals surface area contributed by atoms with Gasteiger partial charge in [0.25, 0.3) is 0 Å². The van der Waals surface area contributed by atoms with E-state index >= 15 is 0 Å². The fourth-order valence-corrected chi connectivity index (χ4v) is 3.04. The van der Waals surface area contributed by atoms with E-state index in [9.17, 15) is 24.0 Å². The van der Waals surface area contributed by atoms with Crippen LogP contribution in [0.2, 0.25) is 0 Å². The van der Waals surface area contributed by atoms with Crippen molar-refractivity contribution in [3.63, 3.8) is 0 Å². The Bertz CT molecular complexity index is 889. The van der Waals surface area contributed by atoms with Crippen LogP contribution in [0.25, 0.3) is 0 Å². The summed E-state index contributed by atoms with van der Waals surface area (Å²) >= 11 is 0. The number of nitrogens with zero attached hydrogens (tertiary/aromatic N) is 3. The van der Waals surface area contributed by atoms with Gasteiger partial charge < -0.3 is 30.1 Å². The van der Waals surface area contributed by atoms with Crippen LogP contribution in [0.1, 0.15) is 31.7 Å². The summed E-state index contributed by atoms with van der Waals surface area (Å²) in [6, 6.07) is 6.93. The van der Waals surface area contributed by atoms with Crippen LogP contribution in [-0.4, -0.2) is 100 Å². The van der Waals surface area contributed by atoms with Crippen LogP contribution in [0, 0.1) is 0 Å². The summed E-state index contributed by atoms with van der Waals surface area (Å²) in [5.41, 5.74) is 1.37. The zero-order chi connectivity index (χ0) is 27.1. The van der Waals surface area contributed by atoms with Crippen molar-refractivity contribution in [3.8, 4) is 0 Å². The summed E-state index contributed by atoms with van der Waals surface area (Å²) in [5.74, 6) is -0.992. The Hall–Kier alpha value is -3.47. The highest BCUT2D eigenvalue weighted by Crippen LogP contribution is 2.15. The van der Waals surface area contributed by atoms with E-state index in [1.165, 1.54) is 16.7 Å². The number of hydrogen-bond acceptors (Lipinski definition) is 6. The molecular formula is C25H39N5O6. The van der Waals surface area contributed by atoms with Crippen molar-refractivity contribution < 1.29 is 28.7 Å². The average Bonchev–Trinajstić information content (AvgIpc) is 2.85. The van der Waals surface area contributed by atoms with E-state index in [0.717, 1.165) is 5.56 Å². The lowest BCUT2D eigenvalue weighted by Gasteiger charge is -2.21. The SMILES string of the molecule is CNC(=O)CCNC(=O)Cc1ccc(N(C)C(=O)CC(=O)N(C)CCOCCCN(C)C(C)=O)cc1. The first-order chi connectivity index (χ1) is 17.0. The first-order valence-electron chi connectivity index (χ1n) is 11.9. The molecule has 0 saturated heterocycles. The number of carbonyl (C=O) groups is 5. The summed E-state index contributed by atoms with van der Waals surface area (Å²) in [4.78, 5) is 63.8. The van der Waals surface area contributed by atoms with E-state index in [2.05, 4.69) is 10.6 Å². The first kappa shape index (κ1) is 30.6. The molecule has 11 heteroatoms. The Morgan fingerprint density at radius 2 is 1.53 bits per heavy atom. The Kier molecular flexibility index (Phi) is 13.8. The molecule has 0 aliphatic heterocycles. The Balaban J connectivity index is 2.38. The van der Waals surface area contributed by atoms with E-state index in [0.29, 0.717) is 38.4 Å². The summed E-state index contributed by atoms with van der Waals surface area (Å²) in [6.07, 6.45) is 0.809. The highest BCUT2D eigenvalue weighted by atomic mass is 16.5. The molecule has 5 amide bonds. The number of carbonyl (C=O) groups excluding carboxylic acids is 5. The summed E-state index contributed by atoms with van der Waals surface area (Å²) < 4.78 is 5.51. The molecule has 11 nitrogen and oxygen atoms in total. The molecule has 0 aliphatic carbocycles. The smallest absolute Gasteiger partial charge is 0.236 e. The van der Waals surface area contributed by atoms with Crippen molar-refractivity contribution >= 4 is 35.2 Å². The largest absolute Gasteiger partial charge is 0.380 e. The Labute approximate surface area is 213 Å². The zero-order valence-electron chi connectivity index (χ0n) is 22.0. The molecule has 0 heterocycles. The lowest BCUT2D eigenvalue weighted by Crippen LogP contribution is -2.36. The van der Waals surface area contributed by atoms with Gasteiger partial charge in [0, 0.05) is 73.5 Å². The molecule has 1 aromatic rings. The van der Waals surface area contributed by atoms with Gasteiger partial charge in [-0.1, -0.05) is 12.1 Å². The monoisotopic (exact) mass is 505 g/mol. The van der Waals surface area contributed by atoms with Gasteiger partial charge in [-0.15, -0.1) is 0 Å². The Morgan fingerprint density at radius 1 is 0.861 bits per heavy atom. The molecule has 0 spiro atoms. The zero-order valence-corrected chi connectivity index (χ0v) is 22.0. The number of benzene rings is 1. The van der Waals surface area contributed by atoms with Crippen molar-refractivity contribution in [3.05, 3.63) is 29.8 Å². The fraction of sp³-hybridized carbons (Fsp3) is 0.560. The van der Waals surface area contributed by atoms with Crippen molar-refractivity contribution in [1.82, 2.24) is 20.4 Å². The molecule has 0 saturated carbocycles. The van der Waals surface area contributed by atoms with Gasteiger partial charge in [0.15, 0.2) is 0 Å². The molecule has 2 N–H and O–H groups in total. The second kappa shape index (κ2) is 16.2. The number of hydrogen-bond donors (Lipinski definition) is 2. The molecule has 0 aromatic heterocycles. The highest BCUT2D eigenvalue weighted by Gasteiger charge is 2.18. The molecular weight excluding hydrogens is 466 g/mol. The minimum atomic E-state index is -0.347. The van der Waals surface area contributed by atoms with Crippen molar-refractivity contribution in [2.45, 2.75) is 32.6 Å². The molecule has 0 unspecified atom stereocenters. The molecule has 0 bridgehead atoms. The van der Waals surface area contributed by atoms with Gasteiger partial charge in [0.05, 0.1) is 13.0 Å². The molecule has 1 rings (SSSR count). The predicted molar refractivity (Wildman–Crippen MR) is 136 cm³/mol. The number of rotatable bonds is 15. The summed E-state index contributed by atoms with van der Waals surface area (Å²) in [7, 11) is 6.49. The van der Waals surface area contributed by atoms with E-state index in [1.54, 1.807) is 57.4 Å². The van der Waals surface area contributed by atoms with Crippen LogP contribution in [0.3, 0.4) is 0 Å². The quantitative estimate of drug-likeness (QED) is 0.259. The lowest BCUT2D eigenvalue weighted by molar-refractivity contribution is -0.135. The Morgan fingerprint density at radius 3 is 2.14 bits per heavy atom. The van der Waals surface area contributed by atoms with Crippen molar-refractivity contribution in [2.75, 3.05) is 65.9 Å². The van der Waals surface area contributed by atoms with Gasteiger partial charge in [-0.3, -0.25) is 24.0 Å². The third-order valence-electron chi connectivity index (χ3n) is 5.63. The van der Waals surface area contributed by atoms with Gasteiger partial charge in [0.2, 0.25) is 29.5 Å². The minimum absolute atomic E-state index is 0.00395. The molecule has 0 radical (unpaired) electrons. The number of ether oxygens (including phenoxy) is 1. The van der Waals surface area contributed by atoms with Crippen LogP contribution in [0.5, 0.6) is 0 Å². The van der Waals surface area contributed by atoms with Crippen LogP contribution < -0.4 is 15.5 Å². The third kappa shape index (κ3) is 11.8. The highest BCUT2D eigenvalue weighted by molar-refractivity contribution is 6.04. The van der Waals surface area contributed by atoms with Gasteiger partial charge in [-0.05, 0) is 24.1 Å². The number of amides is 5. The van der Waals surface area contributed by atoms with Crippen LogP contribution in [0.15, 0.2) is 24.3 Å². The second-order valence-electron chi connectivity index (χ2n) is 8.47. The number of nitrogens with one attached hydrogen (secondary N) is 2. The molecule has 36 heavy (non-hydrogen) atoms. The number of likely N-dealkylation sites (N-methyl/N-ethyl adjacent to an activating group) is 1. The fourth-order valence-electron chi connectivity index (χ4n) is 3.04. The van der Waals surface area contributed by atoms with Crippen molar-refractivity contribution in [2.24, 2.45) is 0 Å². The molecule has 0 fully saturated rings. The van der Waals surface area contributed by atoms with E-state index in [-0.39, 0.29) is 55.3 Å². The number of anilines is 1. The first-order valence-corrected chi connectivity index (χ1v) is 11.9. The van der Waals surface area contributed by atoms with Crippen LogP contribution in [-0.2, 0) is 35.1 Å². The van der Waals surface area contributed by atoms with E-state index in [1.807, 2.05) is 0 Å². The van der Waals surface area contributed by atoms with Gasteiger partial charge >= 0.3 is 0 Å². The molecule has 0 aliphatic rings. The molecule has 0 atom stereocenters. The summed E-state index contributed by atoms with van der Waals surface area (Å²) in [5, 5.41) is 5.18. The maximum Gasteiger partial charge on any atom is 0.236 e. The van der Waals surface area contributed by atoms with Gasteiger partial charge in [-0.25, -0.2) is 0 Å². The van der Waals surface area contributed by atoms with Crippen LogP contribution >= 0.6 is 0 Å². The average molecular weight is 506 g/mol. The summed E-state index contributed by atoms with van der Waals surface area (Å²) in [6.45, 7) is 3.57. The third-order valence-corrected chi connectivity index (χ3v) is 5.63. The van der Waals surface area contributed by atoms with Crippen LogP contribution in [0.4, 0.5) is 5.69 Å². The van der Waals surface area contributed by atoms with E-state index in [4.69, 9.17) is 4.74 Å². The maximum atomic E-state index is 12.6. The maximum absolute atomic E-state index is 12.6. The van der Waals surface area contributed by atoms with Gasteiger partial charge in [0.1, 0.15) is 6.42 Å². The molecule has 200 valence electrons.